The van der Waals surface area contributed by atoms with Crippen LogP contribution in [0.4, 0.5) is 8.78 Å². The van der Waals surface area contributed by atoms with Crippen LogP contribution in [-0.4, -0.2) is 34.9 Å². The van der Waals surface area contributed by atoms with E-state index in [-0.39, 0.29) is 18.6 Å². The zero-order valence-electron chi connectivity index (χ0n) is 11.8. The van der Waals surface area contributed by atoms with Crippen LogP contribution in [0, 0.1) is 22.7 Å². The molecule has 4 nitrogen and oxygen atoms in total. The Kier molecular flexibility index (Phi) is 3.64. The van der Waals surface area contributed by atoms with Crippen molar-refractivity contribution in [3.63, 3.8) is 0 Å². The summed E-state index contributed by atoms with van der Waals surface area (Å²) < 4.78 is 25.4. The molecule has 0 N–H and O–H groups in total. The lowest BCUT2D eigenvalue weighted by molar-refractivity contribution is 0.0381. The van der Waals surface area contributed by atoms with E-state index in [9.17, 15) is 14.0 Å². The van der Waals surface area contributed by atoms with Crippen LogP contribution in [0.5, 0.6) is 0 Å². The van der Waals surface area contributed by atoms with Crippen LogP contribution in [0.2, 0.25) is 0 Å². The number of rotatable bonds is 3. The van der Waals surface area contributed by atoms with Crippen molar-refractivity contribution >= 4 is 0 Å². The van der Waals surface area contributed by atoms with Gasteiger partial charge in [0, 0.05) is 24.5 Å². The average Bonchev–Trinajstić information content (AvgIpc) is 2.76. The van der Waals surface area contributed by atoms with Crippen molar-refractivity contribution in [3.05, 3.63) is 41.7 Å². The van der Waals surface area contributed by atoms with E-state index >= 15 is 0 Å². The fourth-order valence-corrected chi connectivity index (χ4v) is 3.48. The smallest absolute Gasteiger partial charge is 0.251 e. The maximum atomic E-state index is 12.7. The standard InChI is InChI=1S/C16H14F2N4/c17-15(18)9-22-13-1-2-14(22)5-16(4-13,10-20)12-3-11(6-19)7-21-8-12/h1-3,7-8,13-15H,4-5,9H2/t13-,14+,16-. The normalized spacial score (nSPS) is 30.2. The van der Waals surface area contributed by atoms with Gasteiger partial charge in [-0.2, -0.15) is 10.5 Å². The molecule has 0 amide bonds. The summed E-state index contributed by atoms with van der Waals surface area (Å²) in [5.74, 6) is 0. The molecular weight excluding hydrogens is 286 g/mol. The molecule has 0 saturated carbocycles. The highest BCUT2D eigenvalue weighted by Crippen LogP contribution is 2.44. The molecule has 0 spiro atoms. The van der Waals surface area contributed by atoms with Crippen LogP contribution in [0.15, 0.2) is 30.6 Å². The molecule has 2 bridgehead atoms. The molecule has 2 aliphatic heterocycles. The second-order valence-electron chi connectivity index (χ2n) is 5.78. The van der Waals surface area contributed by atoms with Crippen molar-refractivity contribution in [3.8, 4) is 12.1 Å². The number of hydrogen-bond acceptors (Lipinski definition) is 4. The summed E-state index contributed by atoms with van der Waals surface area (Å²) in [5.41, 5.74) is 0.323. The zero-order chi connectivity index (χ0) is 15.7. The number of halogens is 2. The minimum Gasteiger partial charge on any atom is -0.285 e. The van der Waals surface area contributed by atoms with Gasteiger partial charge in [0.25, 0.3) is 6.43 Å². The molecule has 0 radical (unpaired) electrons. The number of alkyl halides is 2. The van der Waals surface area contributed by atoms with Gasteiger partial charge in [-0.05, 0) is 24.5 Å². The molecule has 0 aliphatic carbocycles. The Morgan fingerprint density at radius 3 is 2.50 bits per heavy atom. The van der Waals surface area contributed by atoms with E-state index in [1.165, 1.54) is 6.20 Å². The highest BCUT2D eigenvalue weighted by atomic mass is 19.3. The van der Waals surface area contributed by atoms with Crippen LogP contribution in [0.3, 0.4) is 0 Å². The molecule has 22 heavy (non-hydrogen) atoms. The third-order valence-corrected chi connectivity index (χ3v) is 4.51. The highest BCUT2D eigenvalue weighted by molar-refractivity contribution is 5.40. The van der Waals surface area contributed by atoms with Gasteiger partial charge in [-0.3, -0.25) is 9.88 Å². The van der Waals surface area contributed by atoms with Gasteiger partial charge in [0.15, 0.2) is 0 Å². The van der Waals surface area contributed by atoms with Crippen molar-refractivity contribution in [2.75, 3.05) is 6.54 Å². The zero-order valence-corrected chi connectivity index (χ0v) is 11.8. The first-order chi connectivity index (χ1) is 10.6. The lowest BCUT2D eigenvalue weighted by Gasteiger charge is -2.43. The predicted octanol–water partition coefficient (Wildman–Crippen LogP) is 2.38. The minimum atomic E-state index is -2.39. The van der Waals surface area contributed by atoms with Crippen LogP contribution in [-0.2, 0) is 5.41 Å². The van der Waals surface area contributed by atoms with E-state index in [2.05, 4.69) is 11.1 Å². The van der Waals surface area contributed by atoms with Crippen LogP contribution in [0.1, 0.15) is 24.0 Å². The second kappa shape index (κ2) is 5.47. The van der Waals surface area contributed by atoms with Gasteiger partial charge in [0.05, 0.1) is 23.6 Å². The van der Waals surface area contributed by atoms with Gasteiger partial charge in [-0.1, -0.05) is 12.2 Å². The van der Waals surface area contributed by atoms with Gasteiger partial charge < -0.3 is 0 Å². The molecule has 3 atom stereocenters. The number of aromatic nitrogens is 1. The monoisotopic (exact) mass is 300 g/mol. The van der Waals surface area contributed by atoms with E-state index in [4.69, 9.17) is 5.26 Å². The lowest BCUT2D eigenvalue weighted by atomic mass is 9.71. The van der Waals surface area contributed by atoms with Gasteiger partial charge in [0.2, 0.25) is 0 Å². The van der Waals surface area contributed by atoms with Gasteiger partial charge in [0.1, 0.15) is 6.07 Å². The van der Waals surface area contributed by atoms with E-state index < -0.39 is 11.8 Å². The fourth-order valence-electron chi connectivity index (χ4n) is 3.48. The molecule has 112 valence electrons. The van der Waals surface area contributed by atoms with E-state index in [1.807, 2.05) is 18.2 Å². The van der Waals surface area contributed by atoms with E-state index in [0.717, 1.165) is 0 Å². The Labute approximate surface area is 127 Å². The molecule has 2 aliphatic rings. The summed E-state index contributed by atoms with van der Waals surface area (Å²) in [6, 6.07) is 5.72. The molecule has 6 heteroatoms. The Morgan fingerprint density at radius 2 is 1.95 bits per heavy atom. The molecule has 3 rings (SSSR count). The average molecular weight is 300 g/mol. The summed E-state index contributed by atoms with van der Waals surface area (Å²) in [6.45, 7) is -0.277. The van der Waals surface area contributed by atoms with Gasteiger partial charge in [-0.15, -0.1) is 0 Å². The molecule has 0 unspecified atom stereocenters. The Balaban J connectivity index is 1.92. The summed E-state index contributed by atoms with van der Waals surface area (Å²) >= 11 is 0. The molecule has 1 saturated heterocycles. The summed E-state index contributed by atoms with van der Waals surface area (Å²) in [6.07, 6.45) is 5.38. The van der Waals surface area contributed by atoms with Gasteiger partial charge in [-0.25, -0.2) is 8.78 Å². The first-order valence-corrected chi connectivity index (χ1v) is 7.07. The van der Waals surface area contributed by atoms with Crippen LogP contribution < -0.4 is 0 Å². The SMILES string of the molecule is N#Cc1cncc([C@]2(C#N)C[C@H]3C=C[C@@H](C2)N3CC(F)F)c1. The highest BCUT2D eigenvalue weighted by Gasteiger charge is 2.48. The molecule has 1 aromatic heterocycles. The molecule has 3 heterocycles. The topological polar surface area (TPSA) is 63.7 Å². The molecule has 1 aromatic rings. The Bertz CT molecular complexity index is 670. The van der Waals surface area contributed by atoms with Crippen LogP contribution in [0.25, 0.3) is 0 Å². The van der Waals surface area contributed by atoms with Crippen molar-refractivity contribution in [1.82, 2.24) is 9.88 Å². The first-order valence-electron chi connectivity index (χ1n) is 7.07. The van der Waals surface area contributed by atoms with E-state index in [0.29, 0.717) is 24.0 Å². The lowest BCUT2D eigenvalue weighted by Crippen LogP contribution is -2.51. The molecular formula is C16H14F2N4. The number of nitriles is 2. The fraction of sp³-hybridized carbons (Fsp3) is 0.438. The Morgan fingerprint density at radius 1 is 1.27 bits per heavy atom. The Hall–Kier alpha value is -2.31. The van der Waals surface area contributed by atoms with Crippen molar-refractivity contribution in [1.29, 1.82) is 10.5 Å². The third kappa shape index (κ3) is 2.36. The van der Waals surface area contributed by atoms with Crippen molar-refractivity contribution in [2.45, 2.75) is 36.8 Å². The number of hydrogen-bond donors (Lipinski definition) is 0. The predicted molar refractivity (Wildman–Crippen MR) is 74.9 cm³/mol. The summed E-state index contributed by atoms with van der Waals surface area (Å²) in [4.78, 5) is 5.79. The summed E-state index contributed by atoms with van der Waals surface area (Å²) in [7, 11) is 0. The van der Waals surface area contributed by atoms with Crippen LogP contribution >= 0.6 is 0 Å². The minimum absolute atomic E-state index is 0.168. The molecule has 1 fully saturated rings. The maximum absolute atomic E-state index is 12.7. The molecule has 0 aromatic carbocycles. The second-order valence-corrected chi connectivity index (χ2v) is 5.78. The quantitative estimate of drug-likeness (QED) is 0.804. The first kappa shape index (κ1) is 14.6. The largest absolute Gasteiger partial charge is 0.285 e. The van der Waals surface area contributed by atoms with Crippen molar-refractivity contribution in [2.24, 2.45) is 0 Å². The number of fused-ring (bicyclic) bond motifs is 2. The van der Waals surface area contributed by atoms with E-state index in [1.54, 1.807) is 17.2 Å². The van der Waals surface area contributed by atoms with Crippen molar-refractivity contribution < 1.29 is 8.78 Å². The third-order valence-electron chi connectivity index (χ3n) is 4.51. The maximum Gasteiger partial charge on any atom is 0.251 e. The number of pyridine rings is 1. The summed E-state index contributed by atoms with van der Waals surface area (Å²) in [5, 5.41) is 18.7. The van der Waals surface area contributed by atoms with Gasteiger partial charge >= 0.3 is 0 Å². The number of piperidine rings is 1. The number of nitrogens with zero attached hydrogens (tertiary/aromatic N) is 4.